The van der Waals surface area contributed by atoms with Crippen LogP contribution in [0.3, 0.4) is 0 Å². The first-order valence-electron chi connectivity index (χ1n) is 8.12. The van der Waals surface area contributed by atoms with Crippen LogP contribution in [0.15, 0.2) is 48.5 Å². The molecular formula is C20H25NO3. The Hall–Kier alpha value is -2.33. The van der Waals surface area contributed by atoms with Gasteiger partial charge in [-0.15, -0.1) is 0 Å². The molecule has 0 aliphatic rings. The van der Waals surface area contributed by atoms with Crippen LogP contribution in [-0.4, -0.2) is 17.6 Å². The Bertz CT molecular complexity index is 685. The summed E-state index contributed by atoms with van der Waals surface area (Å²) >= 11 is 0. The third-order valence-electron chi connectivity index (χ3n) is 3.79. The van der Waals surface area contributed by atoms with Crippen LogP contribution in [-0.2, 0) is 10.4 Å². The van der Waals surface area contributed by atoms with Crippen LogP contribution in [0.1, 0.15) is 44.7 Å². The number of hydrogen-bond acceptors (Lipinski definition) is 3. The van der Waals surface area contributed by atoms with Crippen molar-refractivity contribution in [1.82, 2.24) is 0 Å². The van der Waals surface area contributed by atoms with Crippen LogP contribution >= 0.6 is 0 Å². The summed E-state index contributed by atoms with van der Waals surface area (Å²) in [7, 11) is 0. The topological polar surface area (TPSA) is 58.6 Å². The number of para-hydroxylation sites is 1. The number of carbonyl (C=O) groups excluding carboxylic acids is 1. The van der Waals surface area contributed by atoms with Gasteiger partial charge in [0.2, 0.25) is 0 Å². The van der Waals surface area contributed by atoms with Gasteiger partial charge in [-0.25, -0.2) is 0 Å². The van der Waals surface area contributed by atoms with Gasteiger partial charge < -0.3 is 15.2 Å². The molecule has 0 aliphatic carbocycles. The molecule has 0 radical (unpaired) electrons. The molecule has 0 saturated carbocycles. The van der Waals surface area contributed by atoms with E-state index in [1.807, 2.05) is 24.3 Å². The first kappa shape index (κ1) is 18.0. The van der Waals surface area contributed by atoms with Crippen molar-refractivity contribution in [2.75, 3.05) is 11.9 Å². The molecule has 0 fully saturated rings. The molecule has 128 valence electrons. The summed E-state index contributed by atoms with van der Waals surface area (Å²) in [6, 6.07) is 14.9. The second-order valence-corrected chi connectivity index (χ2v) is 6.66. The van der Waals surface area contributed by atoms with E-state index in [2.05, 4.69) is 19.2 Å². The standard InChI is InChI=1S/C20H25NO3/c1-14(2)17-7-5-6-8-18(17)21-19(22)13-24-16-11-9-15(10-12-16)20(3,4)23/h5-12,14,23H,13H2,1-4H3,(H,21,22). The number of amides is 1. The summed E-state index contributed by atoms with van der Waals surface area (Å²) in [6.07, 6.45) is 0. The fourth-order valence-corrected chi connectivity index (χ4v) is 2.41. The lowest BCUT2D eigenvalue weighted by molar-refractivity contribution is -0.118. The van der Waals surface area contributed by atoms with Gasteiger partial charge in [0.15, 0.2) is 6.61 Å². The molecule has 0 unspecified atom stereocenters. The van der Waals surface area contributed by atoms with E-state index < -0.39 is 5.60 Å². The lowest BCUT2D eigenvalue weighted by Gasteiger charge is -2.18. The minimum atomic E-state index is -0.892. The Balaban J connectivity index is 1.94. The molecule has 0 aliphatic heterocycles. The largest absolute Gasteiger partial charge is 0.484 e. The van der Waals surface area contributed by atoms with Crippen molar-refractivity contribution in [1.29, 1.82) is 0 Å². The normalized spacial score (nSPS) is 11.4. The zero-order valence-corrected chi connectivity index (χ0v) is 14.7. The van der Waals surface area contributed by atoms with Crippen molar-refractivity contribution < 1.29 is 14.6 Å². The Morgan fingerprint density at radius 2 is 1.75 bits per heavy atom. The highest BCUT2D eigenvalue weighted by molar-refractivity contribution is 5.92. The van der Waals surface area contributed by atoms with E-state index in [1.54, 1.807) is 38.1 Å². The number of aliphatic hydroxyl groups is 1. The third kappa shape index (κ3) is 4.83. The highest BCUT2D eigenvalue weighted by atomic mass is 16.5. The van der Waals surface area contributed by atoms with Crippen LogP contribution in [0, 0.1) is 0 Å². The Morgan fingerprint density at radius 1 is 1.12 bits per heavy atom. The molecular weight excluding hydrogens is 302 g/mol. The summed E-state index contributed by atoms with van der Waals surface area (Å²) in [6.45, 7) is 7.57. The van der Waals surface area contributed by atoms with Crippen LogP contribution < -0.4 is 10.1 Å². The molecule has 24 heavy (non-hydrogen) atoms. The average Bonchev–Trinajstić information content (AvgIpc) is 2.53. The van der Waals surface area contributed by atoms with Crippen molar-refractivity contribution in [2.24, 2.45) is 0 Å². The van der Waals surface area contributed by atoms with Gasteiger partial charge in [-0.1, -0.05) is 44.2 Å². The van der Waals surface area contributed by atoms with Gasteiger partial charge >= 0.3 is 0 Å². The van der Waals surface area contributed by atoms with Gasteiger partial charge in [-0.05, 0) is 49.1 Å². The van der Waals surface area contributed by atoms with Crippen LogP contribution in [0.25, 0.3) is 0 Å². The number of benzene rings is 2. The number of hydrogen-bond donors (Lipinski definition) is 2. The second kappa shape index (κ2) is 7.49. The van der Waals surface area contributed by atoms with Crippen molar-refractivity contribution in [2.45, 2.75) is 39.2 Å². The molecule has 4 nitrogen and oxygen atoms in total. The van der Waals surface area contributed by atoms with Crippen molar-refractivity contribution in [3.63, 3.8) is 0 Å². The van der Waals surface area contributed by atoms with Crippen molar-refractivity contribution in [3.8, 4) is 5.75 Å². The summed E-state index contributed by atoms with van der Waals surface area (Å²) in [5.41, 5.74) is 1.82. The summed E-state index contributed by atoms with van der Waals surface area (Å²) in [5.74, 6) is 0.724. The van der Waals surface area contributed by atoms with Crippen molar-refractivity contribution >= 4 is 11.6 Å². The molecule has 2 rings (SSSR count). The smallest absolute Gasteiger partial charge is 0.262 e. The maximum absolute atomic E-state index is 12.1. The Morgan fingerprint density at radius 3 is 2.33 bits per heavy atom. The summed E-state index contributed by atoms with van der Waals surface area (Å²) in [4.78, 5) is 12.1. The molecule has 0 atom stereocenters. The van der Waals surface area contributed by atoms with E-state index in [0.29, 0.717) is 11.7 Å². The Labute approximate surface area is 143 Å². The maximum Gasteiger partial charge on any atom is 0.262 e. The molecule has 0 aromatic heterocycles. The molecule has 0 heterocycles. The zero-order valence-electron chi connectivity index (χ0n) is 14.7. The van der Waals surface area contributed by atoms with E-state index in [0.717, 1.165) is 16.8 Å². The molecule has 0 spiro atoms. The molecule has 4 heteroatoms. The number of ether oxygens (including phenoxy) is 1. The van der Waals surface area contributed by atoms with E-state index in [4.69, 9.17) is 4.74 Å². The molecule has 0 bridgehead atoms. The number of rotatable bonds is 6. The monoisotopic (exact) mass is 327 g/mol. The minimum absolute atomic E-state index is 0.0612. The zero-order chi connectivity index (χ0) is 17.7. The van der Waals surface area contributed by atoms with Crippen LogP contribution in [0.4, 0.5) is 5.69 Å². The Kier molecular flexibility index (Phi) is 5.62. The summed E-state index contributed by atoms with van der Waals surface area (Å²) in [5, 5.41) is 12.8. The third-order valence-corrected chi connectivity index (χ3v) is 3.79. The molecule has 2 aromatic carbocycles. The molecule has 2 aromatic rings. The van der Waals surface area contributed by atoms with Gasteiger partial charge in [0.25, 0.3) is 5.91 Å². The molecule has 0 saturated heterocycles. The SMILES string of the molecule is CC(C)c1ccccc1NC(=O)COc1ccc(C(C)(C)O)cc1. The fourth-order valence-electron chi connectivity index (χ4n) is 2.41. The molecule has 2 N–H and O–H groups in total. The second-order valence-electron chi connectivity index (χ2n) is 6.66. The fraction of sp³-hybridized carbons (Fsp3) is 0.350. The summed E-state index contributed by atoms with van der Waals surface area (Å²) < 4.78 is 5.51. The lowest BCUT2D eigenvalue weighted by atomic mass is 9.99. The molecule has 1 amide bonds. The number of nitrogens with one attached hydrogen (secondary N) is 1. The lowest BCUT2D eigenvalue weighted by Crippen LogP contribution is -2.21. The van der Waals surface area contributed by atoms with Gasteiger partial charge in [-0.3, -0.25) is 4.79 Å². The van der Waals surface area contributed by atoms with Gasteiger partial charge in [0, 0.05) is 5.69 Å². The van der Waals surface area contributed by atoms with Gasteiger partial charge in [0.1, 0.15) is 5.75 Å². The van der Waals surface area contributed by atoms with E-state index in [1.165, 1.54) is 0 Å². The predicted octanol–water partition coefficient (Wildman–Crippen LogP) is 4.05. The average molecular weight is 327 g/mol. The van der Waals surface area contributed by atoms with E-state index in [9.17, 15) is 9.90 Å². The highest BCUT2D eigenvalue weighted by Crippen LogP contribution is 2.24. The first-order valence-corrected chi connectivity index (χ1v) is 8.12. The number of carbonyl (C=O) groups is 1. The maximum atomic E-state index is 12.1. The van der Waals surface area contributed by atoms with Gasteiger partial charge in [0.05, 0.1) is 5.60 Å². The van der Waals surface area contributed by atoms with E-state index in [-0.39, 0.29) is 12.5 Å². The minimum Gasteiger partial charge on any atom is -0.484 e. The highest BCUT2D eigenvalue weighted by Gasteiger charge is 2.15. The van der Waals surface area contributed by atoms with Crippen LogP contribution in [0.5, 0.6) is 5.75 Å². The van der Waals surface area contributed by atoms with Crippen LogP contribution in [0.2, 0.25) is 0 Å². The van der Waals surface area contributed by atoms with Crippen molar-refractivity contribution in [3.05, 3.63) is 59.7 Å². The van der Waals surface area contributed by atoms with Gasteiger partial charge in [-0.2, -0.15) is 0 Å². The number of anilines is 1. The quantitative estimate of drug-likeness (QED) is 0.841. The first-order chi connectivity index (χ1) is 11.3. The predicted molar refractivity (Wildman–Crippen MR) is 96.3 cm³/mol. The van der Waals surface area contributed by atoms with E-state index >= 15 is 0 Å².